The Morgan fingerprint density at radius 3 is 2.52 bits per heavy atom. The Kier molecular flexibility index (Phi) is 6.02. The maximum absolute atomic E-state index is 6.35. The van der Waals surface area contributed by atoms with Gasteiger partial charge in [0.15, 0.2) is 5.82 Å². The summed E-state index contributed by atoms with van der Waals surface area (Å²) in [6, 6.07) is 8.13. The van der Waals surface area contributed by atoms with Crippen LogP contribution in [0.2, 0.25) is 0 Å². The molecule has 1 aliphatic rings. The summed E-state index contributed by atoms with van der Waals surface area (Å²) in [5, 5.41) is 4.09. The molecule has 5 nitrogen and oxygen atoms in total. The lowest BCUT2D eigenvalue weighted by molar-refractivity contribution is 0.340. The number of nitrogens with zero attached hydrogens (tertiary/aromatic N) is 2. The summed E-state index contributed by atoms with van der Waals surface area (Å²) in [4.78, 5) is 4.50. The van der Waals surface area contributed by atoms with Gasteiger partial charge in [-0.15, -0.1) is 12.4 Å². The van der Waals surface area contributed by atoms with E-state index in [2.05, 4.69) is 22.3 Å². The van der Waals surface area contributed by atoms with E-state index in [0.29, 0.717) is 18.3 Å². The fraction of sp³-hybridized carbons (Fsp3) is 0.529. The van der Waals surface area contributed by atoms with Crippen LogP contribution in [-0.4, -0.2) is 16.7 Å². The Morgan fingerprint density at radius 2 is 1.87 bits per heavy atom. The second kappa shape index (κ2) is 7.79. The van der Waals surface area contributed by atoms with E-state index < -0.39 is 0 Å². The molecule has 0 aliphatic heterocycles. The molecule has 0 amide bonds. The molecule has 0 atom stereocenters. The molecule has 0 bridgehead atoms. The maximum Gasteiger partial charge on any atom is 0.227 e. The van der Waals surface area contributed by atoms with Crippen LogP contribution in [0.5, 0.6) is 5.75 Å². The van der Waals surface area contributed by atoms with Gasteiger partial charge in [0.2, 0.25) is 5.89 Å². The van der Waals surface area contributed by atoms with E-state index in [9.17, 15) is 0 Å². The highest BCUT2D eigenvalue weighted by atomic mass is 35.5. The van der Waals surface area contributed by atoms with Crippen LogP contribution in [0.15, 0.2) is 28.8 Å². The minimum Gasteiger partial charge on any atom is -0.494 e. The molecule has 0 unspecified atom stereocenters. The lowest BCUT2D eigenvalue weighted by Gasteiger charge is -2.17. The van der Waals surface area contributed by atoms with E-state index in [1.54, 1.807) is 0 Å². The van der Waals surface area contributed by atoms with Gasteiger partial charge in [-0.1, -0.05) is 30.1 Å². The molecular formula is C17H24ClN3O2. The van der Waals surface area contributed by atoms with Crippen molar-refractivity contribution >= 4 is 12.4 Å². The van der Waals surface area contributed by atoms with Crippen LogP contribution in [0.3, 0.4) is 0 Å². The summed E-state index contributed by atoms with van der Waals surface area (Å²) in [6.45, 7) is 2.67. The first kappa shape index (κ1) is 17.8. The SMILES string of the molecule is CCOc1ccc(CCc2nc(C3(N)CCCC3)no2)cc1.Cl. The molecule has 1 aromatic carbocycles. The molecule has 1 heterocycles. The molecule has 2 N–H and O–H groups in total. The molecule has 23 heavy (non-hydrogen) atoms. The maximum atomic E-state index is 6.35. The van der Waals surface area contributed by atoms with E-state index >= 15 is 0 Å². The summed E-state index contributed by atoms with van der Waals surface area (Å²) in [7, 11) is 0. The van der Waals surface area contributed by atoms with Crippen LogP contribution in [0.25, 0.3) is 0 Å². The molecule has 3 rings (SSSR count). The standard InChI is InChI=1S/C17H23N3O2.ClH/c1-2-21-14-8-5-13(6-9-14)7-10-15-19-16(20-22-15)17(18)11-3-4-12-17;/h5-6,8-9H,2-4,7,10-12,18H2,1H3;1H. The monoisotopic (exact) mass is 337 g/mol. The van der Waals surface area contributed by atoms with Crippen molar-refractivity contribution < 1.29 is 9.26 Å². The van der Waals surface area contributed by atoms with E-state index in [4.69, 9.17) is 15.0 Å². The smallest absolute Gasteiger partial charge is 0.227 e. The summed E-state index contributed by atoms with van der Waals surface area (Å²) in [5.74, 6) is 2.24. The number of rotatable bonds is 6. The van der Waals surface area contributed by atoms with Crippen LogP contribution in [0.1, 0.15) is 49.9 Å². The van der Waals surface area contributed by atoms with Gasteiger partial charge in [-0.25, -0.2) is 0 Å². The number of aryl methyl sites for hydroxylation is 2. The van der Waals surface area contributed by atoms with Gasteiger partial charge < -0.3 is 15.0 Å². The summed E-state index contributed by atoms with van der Waals surface area (Å²) < 4.78 is 10.8. The molecule has 1 saturated carbocycles. The average Bonchev–Trinajstić information content (AvgIpc) is 3.17. The van der Waals surface area contributed by atoms with Crippen molar-refractivity contribution in [3.63, 3.8) is 0 Å². The Hall–Kier alpha value is -1.59. The van der Waals surface area contributed by atoms with Gasteiger partial charge in [-0.3, -0.25) is 0 Å². The van der Waals surface area contributed by atoms with E-state index in [-0.39, 0.29) is 17.9 Å². The predicted octanol–water partition coefficient (Wildman–Crippen LogP) is 3.40. The first-order valence-corrected chi connectivity index (χ1v) is 8.03. The Balaban J connectivity index is 0.00000192. The molecule has 6 heteroatoms. The fourth-order valence-corrected chi connectivity index (χ4v) is 2.96. The Bertz CT molecular complexity index is 607. The van der Waals surface area contributed by atoms with Crippen molar-refractivity contribution in [1.82, 2.24) is 10.1 Å². The Morgan fingerprint density at radius 1 is 1.17 bits per heavy atom. The zero-order valence-electron chi connectivity index (χ0n) is 13.5. The number of halogens is 1. The van der Waals surface area contributed by atoms with Crippen LogP contribution in [0.4, 0.5) is 0 Å². The van der Waals surface area contributed by atoms with Crippen molar-refractivity contribution in [2.24, 2.45) is 5.73 Å². The minimum absolute atomic E-state index is 0. The molecule has 0 spiro atoms. The van der Waals surface area contributed by atoms with E-state index in [0.717, 1.165) is 44.3 Å². The number of ether oxygens (including phenoxy) is 1. The number of benzene rings is 1. The predicted molar refractivity (Wildman–Crippen MR) is 90.9 cm³/mol. The van der Waals surface area contributed by atoms with Gasteiger partial charge in [-0.2, -0.15) is 4.98 Å². The third kappa shape index (κ3) is 4.24. The van der Waals surface area contributed by atoms with Crippen molar-refractivity contribution in [3.8, 4) is 5.75 Å². The zero-order chi connectivity index (χ0) is 15.4. The van der Waals surface area contributed by atoms with Crippen molar-refractivity contribution in [1.29, 1.82) is 0 Å². The largest absolute Gasteiger partial charge is 0.494 e. The van der Waals surface area contributed by atoms with Crippen LogP contribution in [0, 0.1) is 0 Å². The third-order valence-electron chi connectivity index (χ3n) is 4.27. The molecule has 1 aliphatic carbocycles. The highest BCUT2D eigenvalue weighted by Crippen LogP contribution is 2.34. The average molecular weight is 338 g/mol. The highest BCUT2D eigenvalue weighted by molar-refractivity contribution is 5.85. The van der Waals surface area contributed by atoms with Crippen LogP contribution >= 0.6 is 12.4 Å². The van der Waals surface area contributed by atoms with Crippen molar-refractivity contribution in [3.05, 3.63) is 41.5 Å². The zero-order valence-corrected chi connectivity index (χ0v) is 14.3. The molecule has 1 fully saturated rings. The quantitative estimate of drug-likeness (QED) is 0.874. The molecule has 126 valence electrons. The number of hydrogen-bond donors (Lipinski definition) is 1. The van der Waals surface area contributed by atoms with Gasteiger partial charge in [-0.05, 0) is 43.9 Å². The second-order valence-electron chi connectivity index (χ2n) is 5.95. The molecule has 2 aromatic rings. The van der Waals surface area contributed by atoms with Gasteiger partial charge in [0.05, 0.1) is 12.1 Å². The van der Waals surface area contributed by atoms with Crippen molar-refractivity contribution in [2.45, 2.75) is 51.0 Å². The van der Waals surface area contributed by atoms with Crippen LogP contribution < -0.4 is 10.5 Å². The van der Waals surface area contributed by atoms with E-state index in [1.807, 2.05) is 19.1 Å². The summed E-state index contributed by atoms with van der Waals surface area (Å²) in [5.41, 5.74) is 7.20. The molecule has 1 aromatic heterocycles. The second-order valence-corrected chi connectivity index (χ2v) is 5.95. The highest BCUT2D eigenvalue weighted by Gasteiger charge is 2.35. The number of aromatic nitrogens is 2. The molecule has 0 radical (unpaired) electrons. The van der Waals surface area contributed by atoms with Gasteiger partial charge >= 0.3 is 0 Å². The minimum atomic E-state index is -0.374. The van der Waals surface area contributed by atoms with Gasteiger partial charge in [0.1, 0.15) is 5.75 Å². The normalized spacial score (nSPS) is 16.1. The third-order valence-corrected chi connectivity index (χ3v) is 4.27. The number of nitrogens with two attached hydrogens (primary N) is 1. The van der Waals surface area contributed by atoms with E-state index in [1.165, 1.54) is 5.56 Å². The lowest BCUT2D eigenvalue weighted by atomic mass is 9.99. The first-order valence-electron chi connectivity index (χ1n) is 8.03. The van der Waals surface area contributed by atoms with Gasteiger partial charge in [0.25, 0.3) is 0 Å². The molecular weight excluding hydrogens is 314 g/mol. The van der Waals surface area contributed by atoms with Crippen molar-refractivity contribution in [2.75, 3.05) is 6.61 Å². The Labute approximate surface area is 143 Å². The number of hydrogen-bond acceptors (Lipinski definition) is 5. The van der Waals surface area contributed by atoms with Crippen LogP contribution in [-0.2, 0) is 18.4 Å². The summed E-state index contributed by atoms with van der Waals surface area (Å²) >= 11 is 0. The topological polar surface area (TPSA) is 74.2 Å². The lowest BCUT2D eigenvalue weighted by Crippen LogP contribution is -2.34. The first-order chi connectivity index (χ1) is 10.7. The summed E-state index contributed by atoms with van der Waals surface area (Å²) in [6.07, 6.45) is 5.79. The molecule has 0 saturated heterocycles. The fourth-order valence-electron chi connectivity index (χ4n) is 2.96. The van der Waals surface area contributed by atoms with Gasteiger partial charge in [0, 0.05) is 6.42 Å².